The highest BCUT2D eigenvalue weighted by atomic mass is 32.3. The van der Waals surface area contributed by atoms with E-state index in [1.54, 1.807) is 0 Å². The molecule has 0 aromatic heterocycles. The van der Waals surface area contributed by atoms with Crippen molar-refractivity contribution in [3.05, 3.63) is 11.6 Å². The number of hydrogen-bond acceptors (Lipinski definition) is 4. The summed E-state index contributed by atoms with van der Waals surface area (Å²) in [5, 5.41) is 0. The van der Waals surface area contributed by atoms with Crippen LogP contribution in [-0.4, -0.2) is 19.1 Å². The molecule has 3 saturated carbocycles. The quantitative estimate of drug-likeness (QED) is 0.203. The third-order valence-corrected chi connectivity index (χ3v) is 12.0. The Labute approximate surface area is 215 Å². The van der Waals surface area contributed by atoms with Gasteiger partial charge in [0, 0.05) is 0 Å². The molecule has 0 amide bonds. The fourth-order valence-electron chi connectivity index (χ4n) is 9.54. The lowest BCUT2D eigenvalue weighted by molar-refractivity contribution is -0.0563. The zero-order valence-corrected chi connectivity index (χ0v) is 24.3. The molecule has 4 N–H and O–H groups in total. The molecule has 0 radical (unpaired) electrons. The van der Waals surface area contributed by atoms with Crippen LogP contribution < -0.4 is 6.15 Å². The van der Waals surface area contributed by atoms with Gasteiger partial charge in [0.05, 0.1) is 6.10 Å². The molecular formula is C29H53NO4S. The van der Waals surface area contributed by atoms with Gasteiger partial charge in [0.15, 0.2) is 0 Å². The van der Waals surface area contributed by atoms with Gasteiger partial charge in [-0.25, -0.2) is 8.42 Å². The Balaban J connectivity index is 0.00000342. The SMILES string of the molecule is CC[C@H](CC[C@@H](C)[C@H]1CC[C@H]2[C@@H]3CC=C4C[C@@H](OS(=O)(=O)[O-])CC[C@]4(C)[C@H]3CC[C@]12C)C(C)C.[NH4+]. The maximum atomic E-state index is 11.2. The molecule has 35 heavy (non-hydrogen) atoms. The summed E-state index contributed by atoms with van der Waals surface area (Å²) in [6.07, 6.45) is 14.8. The van der Waals surface area contributed by atoms with Gasteiger partial charge in [-0.3, -0.25) is 4.18 Å². The molecule has 0 aliphatic heterocycles. The van der Waals surface area contributed by atoms with Crippen LogP contribution in [0.25, 0.3) is 0 Å². The molecule has 0 saturated heterocycles. The van der Waals surface area contributed by atoms with E-state index < -0.39 is 16.5 Å². The fraction of sp³-hybridized carbons (Fsp3) is 0.931. The molecule has 3 fully saturated rings. The molecule has 4 aliphatic carbocycles. The Hall–Kier alpha value is -0.430. The van der Waals surface area contributed by atoms with Crippen LogP contribution in [0.2, 0.25) is 0 Å². The predicted octanol–water partition coefficient (Wildman–Crippen LogP) is 7.89. The van der Waals surface area contributed by atoms with Crippen LogP contribution in [0, 0.1) is 52.3 Å². The lowest BCUT2D eigenvalue weighted by Gasteiger charge is -2.58. The average Bonchev–Trinajstić information content (AvgIpc) is 3.10. The number of hydrogen-bond donors (Lipinski definition) is 1. The van der Waals surface area contributed by atoms with Gasteiger partial charge in [-0.05, 0) is 110 Å². The van der Waals surface area contributed by atoms with Crippen LogP contribution in [-0.2, 0) is 14.6 Å². The van der Waals surface area contributed by atoms with Crippen molar-refractivity contribution in [2.45, 2.75) is 118 Å². The smallest absolute Gasteiger partial charge is 0.217 e. The summed E-state index contributed by atoms with van der Waals surface area (Å²) in [5.74, 6) is 5.58. The summed E-state index contributed by atoms with van der Waals surface area (Å²) in [4.78, 5) is 0. The van der Waals surface area contributed by atoms with E-state index in [0.717, 1.165) is 48.3 Å². The van der Waals surface area contributed by atoms with E-state index in [9.17, 15) is 13.0 Å². The Morgan fingerprint density at radius 1 is 1.06 bits per heavy atom. The summed E-state index contributed by atoms with van der Waals surface area (Å²) in [5.41, 5.74) is 1.98. The van der Waals surface area contributed by atoms with E-state index in [4.69, 9.17) is 4.18 Å². The highest BCUT2D eigenvalue weighted by molar-refractivity contribution is 7.80. The minimum atomic E-state index is -4.63. The predicted molar refractivity (Wildman–Crippen MR) is 143 cm³/mol. The normalized spacial score (nSPS) is 40.7. The van der Waals surface area contributed by atoms with Crippen molar-refractivity contribution in [1.82, 2.24) is 6.15 Å². The van der Waals surface area contributed by atoms with Crippen molar-refractivity contribution < 1.29 is 17.2 Å². The van der Waals surface area contributed by atoms with Gasteiger partial charge in [-0.2, -0.15) is 0 Å². The van der Waals surface area contributed by atoms with Crippen molar-refractivity contribution >= 4 is 10.4 Å². The van der Waals surface area contributed by atoms with E-state index in [1.807, 2.05) is 0 Å². The second-order valence-electron chi connectivity index (χ2n) is 13.3. The molecule has 204 valence electrons. The fourth-order valence-corrected chi connectivity index (χ4v) is 10.0. The van der Waals surface area contributed by atoms with Crippen LogP contribution >= 0.6 is 0 Å². The van der Waals surface area contributed by atoms with Gasteiger partial charge in [0.2, 0.25) is 10.4 Å². The molecular weight excluding hydrogens is 458 g/mol. The Morgan fingerprint density at radius 2 is 1.77 bits per heavy atom. The summed E-state index contributed by atoms with van der Waals surface area (Å²) < 4.78 is 38.3. The van der Waals surface area contributed by atoms with Gasteiger partial charge in [-0.1, -0.05) is 66.0 Å². The van der Waals surface area contributed by atoms with Gasteiger partial charge in [0.1, 0.15) is 0 Å². The third kappa shape index (κ3) is 5.56. The lowest BCUT2D eigenvalue weighted by atomic mass is 9.47. The molecule has 6 heteroatoms. The largest absolute Gasteiger partial charge is 0.726 e. The molecule has 4 aliphatic rings. The second kappa shape index (κ2) is 10.7. The molecule has 5 nitrogen and oxygen atoms in total. The van der Waals surface area contributed by atoms with Crippen LogP contribution in [0.5, 0.6) is 0 Å². The second-order valence-corrected chi connectivity index (χ2v) is 14.3. The number of allylic oxidation sites excluding steroid dienone is 1. The Morgan fingerprint density at radius 3 is 2.40 bits per heavy atom. The molecule has 0 heterocycles. The van der Waals surface area contributed by atoms with E-state index in [-0.39, 0.29) is 11.6 Å². The monoisotopic (exact) mass is 511 g/mol. The topological polar surface area (TPSA) is 103 Å². The number of rotatable bonds is 8. The zero-order chi connectivity index (χ0) is 24.9. The van der Waals surface area contributed by atoms with Crippen LogP contribution in [0.3, 0.4) is 0 Å². The molecule has 0 unspecified atom stereocenters. The van der Waals surface area contributed by atoms with E-state index in [2.05, 4.69) is 47.6 Å². The highest BCUT2D eigenvalue weighted by Gasteiger charge is 2.59. The number of quaternary nitrogens is 1. The average molecular weight is 512 g/mol. The third-order valence-electron chi connectivity index (χ3n) is 11.5. The maximum Gasteiger partial charge on any atom is 0.217 e. The summed E-state index contributed by atoms with van der Waals surface area (Å²) in [6.45, 7) is 14.7. The van der Waals surface area contributed by atoms with Gasteiger partial charge in [0.25, 0.3) is 0 Å². The lowest BCUT2D eigenvalue weighted by Crippen LogP contribution is -2.51. The molecule has 0 aromatic rings. The zero-order valence-electron chi connectivity index (χ0n) is 23.5. The molecule has 0 spiro atoms. The molecule has 4 rings (SSSR count). The summed E-state index contributed by atoms with van der Waals surface area (Å²) in [6, 6.07) is 0. The minimum absolute atomic E-state index is 0. The first-order valence-electron chi connectivity index (χ1n) is 14.2. The van der Waals surface area contributed by atoms with Crippen molar-refractivity contribution in [2.75, 3.05) is 0 Å². The van der Waals surface area contributed by atoms with Crippen molar-refractivity contribution in [3.8, 4) is 0 Å². The van der Waals surface area contributed by atoms with Crippen LogP contribution in [0.1, 0.15) is 112 Å². The minimum Gasteiger partial charge on any atom is -0.726 e. The van der Waals surface area contributed by atoms with Gasteiger partial charge < -0.3 is 10.7 Å². The van der Waals surface area contributed by atoms with Crippen molar-refractivity contribution in [2.24, 2.45) is 52.3 Å². The van der Waals surface area contributed by atoms with Crippen LogP contribution in [0.4, 0.5) is 0 Å². The first-order valence-corrected chi connectivity index (χ1v) is 15.6. The molecule has 0 aromatic carbocycles. The Bertz CT molecular complexity index is 870. The first kappa shape index (κ1) is 29.1. The maximum absolute atomic E-state index is 11.2. The van der Waals surface area contributed by atoms with E-state index >= 15 is 0 Å². The number of fused-ring (bicyclic) bond motifs is 5. The van der Waals surface area contributed by atoms with E-state index in [1.165, 1.54) is 50.5 Å². The Kier molecular flexibility index (Phi) is 8.94. The van der Waals surface area contributed by atoms with Crippen molar-refractivity contribution in [3.63, 3.8) is 0 Å². The molecule has 0 bridgehead atoms. The summed E-state index contributed by atoms with van der Waals surface area (Å²) >= 11 is 0. The van der Waals surface area contributed by atoms with Crippen LogP contribution in [0.15, 0.2) is 11.6 Å². The highest BCUT2D eigenvalue weighted by Crippen LogP contribution is 2.67. The van der Waals surface area contributed by atoms with Crippen molar-refractivity contribution in [1.29, 1.82) is 0 Å². The standard InChI is InChI=1S/C29H50O4S.H3N/c1-7-21(19(2)3)9-8-20(4)25-12-13-26-24-11-10-22-18-23(33-34(30,31)32)14-16-28(22,5)27(24)15-17-29(25,26)6;/h10,19-21,23-27H,7-9,11-18H2,1-6H3,(H,30,31,32);1H3/t20-,21-,23+,24+,25-,26+,27+,28+,29-;/m1./s1. The van der Waals surface area contributed by atoms with Gasteiger partial charge in [-0.15, -0.1) is 0 Å². The molecule has 9 atom stereocenters. The van der Waals surface area contributed by atoms with E-state index in [0.29, 0.717) is 24.2 Å². The first-order chi connectivity index (χ1) is 15.9. The summed E-state index contributed by atoms with van der Waals surface area (Å²) in [7, 11) is -4.63. The van der Waals surface area contributed by atoms with Gasteiger partial charge >= 0.3 is 0 Å².